The van der Waals surface area contributed by atoms with Crippen molar-refractivity contribution in [2.24, 2.45) is 0 Å². The van der Waals surface area contributed by atoms with Crippen molar-refractivity contribution in [2.75, 3.05) is 0 Å². The molecule has 0 bridgehead atoms. The first-order valence-electron chi connectivity index (χ1n) is 4.32. The summed E-state index contributed by atoms with van der Waals surface area (Å²) in [4.78, 5) is 1.03. The molecule has 1 nitrogen and oxygen atoms in total. The van der Waals surface area contributed by atoms with Crippen molar-refractivity contribution in [3.8, 4) is 0 Å². The zero-order valence-electron chi connectivity index (χ0n) is 7.77. The van der Waals surface area contributed by atoms with E-state index in [1.165, 1.54) is 17.7 Å². The van der Waals surface area contributed by atoms with E-state index in [9.17, 15) is 4.39 Å². The molecule has 2 aromatic rings. The molecule has 2 rings (SSSR count). The number of rotatable bonds is 2. The summed E-state index contributed by atoms with van der Waals surface area (Å²) >= 11 is 1.57. The Hall–Kier alpha value is -1.22. The molecule has 0 fully saturated rings. The fourth-order valence-electron chi connectivity index (χ4n) is 1.15. The SMILES string of the molecule is Cc1ccn(Sc2ccc(F)cc2)c1. The smallest absolute Gasteiger partial charge is 0.123 e. The lowest BCUT2D eigenvalue weighted by Gasteiger charge is -2.00. The molecule has 0 unspecified atom stereocenters. The van der Waals surface area contributed by atoms with Gasteiger partial charge in [0, 0.05) is 17.3 Å². The van der Waals surface area contributed by atoms with E-state index < -0.39 is 0 Å². The van der Waals surface area contributed by atoms with Gasteiger partial charge in [-0.05, 0) is 54.8 Å². The largest absolute Gasteiger partial charge is 0.295 e. The fourth-order valence-corrected chi connectivity index (χ4v) is 1.99. The molecule has 1 aromatic heterocycles. The third-order valence-electron chi connectivity index (χ3n) is 1.84. The minimum atomic E-state index is -0.196. The number of hydrogen-bond acceptors (Lipinski definition) is 1. The summed E-state index contributed by atoms with van der Waals surface area (Å²) in [5.41, 5.74) is 1.22. The highest BCUT2D eigenvalue weighted by molar-refractivity contribution is 7.97. The molecule has 0 atom stereocenters. The first-order chi connectivity index (χ1) is 6.74. The topological polar surface area (TPSA) is 4.93 Å². The van der Waals surface area contributed by atoms with Crippen LogP contribution in [-0.4, -0.2) is 3.97 Å². The maximum Gasteiger partial charge on any atom is 0.123 e. The first kappa shape index (κ1) is 9.34. The average Bonchev–Trinajstić information content (AvgIpc) is 2.56. The lowest BCUT2D eigenvalue weighted by atomic mass is 10.4. The molecule has 0 saturated carbocycles. The van der Waals surface area contributed by atoms with Gasteiger partial charge in [0.1, 0.15) is 5.82 Å². The third kappa shape index (κ3) is 2.17. The molecule has 1 heterocycles. The zero-order valence-corrected chi connectivity index (χ0v) is 8.59. The van der Waals surface area contributed by atoms with E-state index in [1.54, 1.807) is 24.1 Å². The van der Waals surface area contributed by atoms with Crippen LogP contribution in [0, 0.1) is 12.7 Å². The van der Waals surface area contributed by atoms with Crippen LogP contribution in [0.15, 0.2) is 47.6 Å². The second-order valence-electron chi connectivity index (χ2n) is 3.09. The minimum absolute atomic E-state index is 0.196. The number of nitrogens with zero attached hydrogens (tertiary/aromatic N) is 1. The van der Waals surface area contributed by atoms with Gasteiger partial charge in [0.2, 0.25) is 0 Å². The highest BCUT2D eigenvalue weighted by Crippen LogP contribution is 2.20. The lowest BCUT2D eigenvalue weighted by molar-refractivity contribution is 0.626. The minimum Gasteiger partial charge on any atom is -0.295 e. The summed E-state index contributed by atoms with van der Waals surface area (Å²) in [6.45, 7) is 2.04. The summed E-state index contributed by atoms with van der Waals surface area (Å²) in [7, 11) is 0. The third-order valence-corrected chi connectivity index (χ3v) is 2.76. The van der Waals surface area contributed by atoms with Crippen molar-refractivity contribution in [3.63, 3.8) is 0 Å². The molecule has 0 radical (unpaired) electrons. The Morgan fingerprint density at radius 3 is 2.43 bits per heavy atom. The molecular weight excluding hydrogens is 197 g/mol. The lowest BCUT2D eigenvalue weighted by Crippen LogP contribution is -1.81. The van der Waals surface area contributed by atoms with Crippen molar-refractivity contribution in [1.82, 2.24) is 3.97 Å². The normalized spacial score (nSPS) is 10.4. The van der Waals surface area contributed by atoms with E-state index in [2.05, 4.69) is 0 Å². The van der Waals surface area contributed by atoms with Crippen molar-refractivity contribution in [3.05, 3.63) is 54.1 Å². The van der Waals surface area contributed by atoms with E-state index in [0.29, 0.717) is 0 Å². The van der Waals surface area contributed by atoms with Gasteiger partial charge in [-0.1, -0.05) is 0 Å². The highest BCUT2D eigenvalue weighted by atomic mass is 32.2. The number of aryl methyl sites for hydroxylation is 1. The van der Waals surface area contributed by atoms with Crippen LogP contribution in [0.25, 0.3) is 0 Å². The standard InChI is InChI=1S/C11H10FNS/c1-9-6-7-13(8-9)14-11-4-2-10(12)3-5-11/h2-8H,1H3. The molecule has 0 spiro atoms. The zero-order chi connectivity index (χ0) is 9.97. The van der Waals surface area contributed by atoms with Crippen LogP contribution in [0.2, 0.25) is 0 Å². The number of halogens is 1. The summed E-state index contributed by atoms with van der Waals surface area (Å²) in [5, 5.41) is 0. The van der Waals surface area contributed by atoms with E-state index in [-0.39, 0.29) is 5.82 Å². The van der Waals surface area contributed by atoms with Gasteiger partial charge >= 0.3 is 0 Å². The highest BCUT2D eigenvalue weighted by Gasteiger charge is 1.96. The maximum absolute atomic E-state index is 12.6. The Kier molecular flexibility index (Phi) is 2.59. The molecule has 72 valence electrons. The predicted octanol–water partition coefficient (Wildman–Crippen LogP) is 3.49. The molecule has 0 aliphatic carbocycles. The van der Waals surface area contributed by atoms with Crippen molar-refractivity contribution < 1.29 is 4.39 Å². The number of aromatic nitrogens is 1. The Morgan fingerprint density at radius 1 is 1.14 bits per heavy atom. The summed E-state index contributed by atoms with van der Waals surface area (Å²) < 4.78 is 14.6. The number of benzene rings is 1. The molecule has 0 N–H and O–H groups in total. The Labute approximate surface area is 86.7 Å². The quantitative estimate of drug-likeness (QED) is 0.729. The van der Waals surface area contributed by atoms with Gasteiger partial charge in [0.15, 0.2) is 0 Å². The van der Waals surface area contributed by atoms with Gasteiger partial charge in [-0.2, -0.15) is 0 Å². The van der Waals surface area contributed by atoms with Crippen LogP contribution in [0.3, 0.4) is 0 Å². The van der Waals surface area contributed by atoms with Crippen LogP contribution in [-0.2, 0) is 0 Å². The molecule has 1 aromatic carbocycles. The predicted molar refractivity (Wildman–Crippen MR) is 56.8 cm³/mol. The molecule has 0 amide bonds. The second kappa shape index (κ2) is 3.88. The van der Waals surface area contributed by atoms with E-state index in [1.807, 2.05) is 29.4 Å². The number of hydrogen-bond donors (Lipinski definition) is 0. The molecule has 14 heavy (non-hydrogen) atoms. The van der Waals surface area contributed by atoms with Gasteiger partial charge < -0.3 is 0 Å². The van der Waals surface area contributed by atoms with Crippen LogP contribution in [0.1, 0.15) is 5.56 Å². The van der Waals surface area contributed by atoms with Crippen molar-refractivity contribution in [1.29, 1.82) is 0 Å². The van der Waals surface area contributed by atoms with Gasteiger partial charge in [-0.25, -0.2) is 4.39 Å². The average molecular weight is 207 g/mol. The second-order valence-corrected chi connectivity index (χ2v) is 4.17. The van der Waals surface area contributed by atoms with E-state index in [0.717, 1.165) is 4.90 Å². The van der Waals surface area contributed by atoms with Gasteiger partial charge in [-0.3, -0.25) is 3.97 Å². The Balaban J connectivity index is 2.15. The van der Waals surface area contributed by atoms with Crippen LogP contribution in [0.4, 0.5) is 4.39 Å². The van der Waals surface area contributed by atoms with Gasteiger partial charge in [-0.15, -0.1) is 0 Å². The molecule has 0 aliphatic rings. The van der Waals surface area contributed by atoms with Crippen molar-refractivity contribution >= 4 is 11.9 Å². The fraction of sp³-hybridized carbons (Fsp3) is 0.0909. The Bertz CT molecular complexity index is 419. The first-order valence-corrected chi connectivity index (χ1v) is 5.10. The van der Waals surface area contributed by atoms with Crippen LogP contribution in [0.5, 0.6) is 0 Å². The monoisotopic (exact) mass is 207 g/mol. The summed E-state index contributed by atoms with van der Waals surface area (Å²) in [6.07, 6.45) is 4.03. The van der Waals surface area contributed by atoms with Gasteiger partial charge in [0.05, 0.1) is 0 Å². The van der Waals surface area contributed by atoms with Crippen LogP contribution < -0.4 is 0 Å². The molecule has 0 aliphatic heterocycles. The van der Waals surface area contributed by atoms with Crippen molar-refractivity contribution in [2.45, 2.75) is 11.8 Å². The molecule has 0 saturated heterocycles. The van der Waals surface area contributed by atoms with Gasteiger partial charge in [0.25, 0.3) is 0 Å². The Morgan fingerprint density at radius 2 is 1.86 bits per heavy atom. The molecular formula is C11H10FNS. The van der Waals surface area contributed by atoms with Crippen LogP contribution >= 0.6 is 11.9 Å². The van der Waals surface area contributed by atoms with E-state index >= 15 is 0 Å². The summed E-state index contributed by atoms with van der Waals surface area (Å²) in [6, 6.07) is 8.53. The molecule has 3 heteroatoms. The summed E-state index contributed by atoms with van der Waals surface area (Å²) in [5.74, 6) is -0.196. The maximum atomic E-state index is 12.6. The van der Waals surface area contributed by atoms with E-state index in [4.69, 9.17) is 0 Å².